The molecule has 0 saturated heterocycles. The zero-order chi connectivity index (χ0) is 30.4. The van der Waals surface area contributed by atoms with Crippen LogP contribution < -0.4 is 16.4 Å². The molecule has 0 spiro atoms. The summed E-state index contributed by atoms with van der Waals surface area (Å²) in [6, 6.07) is 19.4. The van der Waals surface area contributed by atoms with Crippen molar-refractivity contribution in [3.63, 3.8) is 0 Å². The maximum Gasteiger partial charge on any atom is 0.153 e. The van der Waals surface area contributed by atoms with Gasteiger partial charge in [-0.15, -0.1) is 0 Å². The van der Waals surface area contributed by atoms with Crippen molar-refractivity contribution in [2.45, 2.75) is 64.2 Å². The van der Waals surface area contributed by atoms with Crippen LogP contribution >= 0.6 is 0 Å². The zero-order valence-electron chi connectivity index (χ0n) is 24.0. The standard InChI is InChI=1S/C32H41N5O5/c1-32(2,3)28(31(42)35-25-12-15-34-16-13-25)36-30(41)26(18-27(38)39)37-17-14-24(19-37)22-6-4-20(5-7-22)21-8-10-23(11-9-21)29(33)40/h4-17,19,26-31,36,38-42H,18,33H2,1-3H3,(H,34,35). The fourth-order valence-electron chi connectivity index (χ4n) is 4.96. The molecule has 9 N–H and O–H groups in total. The molecule has 224 valence electrons. The van der Waals surface area contributed by atoms with Gasteiger partial charge in [0.1, 0.15) is 18.7 Å². The SMILES string of the molecule is CC(C)(C)C(NC(O)C(CC(O)O)n1ccc(-c2ccc(-c3ccc(C(N)O)cc3)cc2)c1)C(O)Nc1ccncc1. The van der Waals surface area contributed by atoms with E-state index in [4.69, 9.17) is 5.73 Å². The van der Waals surface area contributed by atoms with Crippen LogP contribution in [0.3, 0.4) is 0 Å². The fourth-order valence-corrected chi connectivity index (χ4v) is 4.96. The van der Waals surface area contributed by atoms with Crippen LogP contribution in [-0.4, -0.2) is 59.9 Å². The molecule has 0 aliphatic rings. The number of nitrogens with two attached hydrogens (primary N) is 1. The minimum atomic E-state index is -1.66. The molecule has 4 rings (SSSR count). The van der Waals surface area contributed by atoms with E-state index < -0.39 is 42.5 Å². The van der Waals surface area contributed by atoms with Crippen LogP contribution in [0, 0.1) is 5.41 Å². The highest BCUT2D eigenvalue weighted by Crippen LogP contribution is 2.30. The van der Waals surface area contributed by atoms with Gasteiger partial charge in [-0.05, 0) is 51.4 Å². The number of rotatable bonds is 12. The van der Waals surface area contributed by atoms with E-state index in [9.17, 15) is 25.5 Å². The summed E-state index contributed by atoms with van der Waals surface area (Å²) in [7, 11) is 0. The minimum Gasteiger partial charge on any atom is -0.376 e. The Morgan fingerprint density at radius 2 is 1.31 bits per heavy atom. The monoisotopic (exact) mass is 575 g/mol. The molecule has 0 amide bonds. The fraction of sp³-hybridized carbons (Fsp3) is 0.344. The molecule has 10 heteroatoms. The Morgan fingerprint density at radius 3 is 1.83 bits per heavy atom. The maximum atomic E-state index is 11.3. The third-order valence-electron chi connectivity index (χ3n) is 7.31. The molecule has 0 fully saturated rings. The molecule has 0 radical (unpaired) electrons. The van der Waals surface area contributed by atoms with E-state index in [0.29, 0.717) is 11.3 Å². The predicted octanol–water partition coefficient (Wildman–Crippen LogP) is 3.16. The molecule has 2 aromatic heterocycles. The van der Waals surface area contributed by atoms with Gasteiger partial charge in [-0.2, -0.15) is 0 Å². The molecule has 0 aliphatic heterocycles. The summed E-state index contributed by atoms with van der Waals surface area (Å²) >= 11 is 0. The Morgan fingerprint density at radius 1 is 0.762 bits per heavy atom. The summed E-state index contributed by atoms with van der Waals surface area (Å²) < 4.78 is 1.75. The van der Waals surface area contributed by atoms with E-state index >= 15 is 0 Å². The largest absolute Gasteiger partial charge is 0.376 e. The molecule has 4 aromatic rings. The van der Waals surface area contributed by atoms with Crippen molar-refractivity contribution in [1.29, 1.82) is 0 Å². The highest BCUT2D eigenvalue weighted by molar-refractivity contribution is 5.70. The Kier molecular flexibility index (Phi) is 10.1. The molecule has 5 unspecified atom stereocenters. The van der Waals surface area contributed by atoms with Gasteiger partial charge in [-0.3, -0.25) is 10.3 Å². The molecule has 5 atom stereocenters. The Labute approximate surface area is 246 Å². The Balaban J connectivity index is 1.51. The summed E-state index contributed by atoms with van der Waals surface area (Å²) in [6.45, 7) is 5.83. The Bertz CT molecular complexity index is 1390. The highest BCUT2D eigenvalue weighted by Gasteiger charge is 2.35. The van der Waals surface area contributed by atoms with Crippen LogP contribution in [0.25, 0.3) is 22.3 Å². The first kappa shape index (κ1) is 31.3. The lowest BCUT2D eigenvalue weighted by Gasteiger charge is -2.39. The lowest BCUT2D eigenvalue weighted by Crippen LogP contribution is -2.57. The summed E-state index contributed by atoms with van der Waals surface area (Å²) in [5.74, 6) is 0. The van der Waals surface area contributed by atoms with Crippen LogP contribution in [0.1, 0.15) is 45.0 Å². The van der Waals surface area contributed by atoms with Crippen LogP contribution in [0.2, 0.25) is 0 Å². The molecule has 10 nitrogen and oxygen atoms in total. The molecule has 0 bridgehead atoms. The van der Waals surface area contributed by atoms with Crippen molar-refractivity contribution in [2.75, 3.05) is 5.32 Å². The molecule has 0 saturated carbocycles. The topological polar surface area (TPSA) is 169 Å². The smallest absolute Gasteiger partial charge is 0.153 e. The summed E-state index contributed by atoms with van der Waals surface area (Å²) in [4.78, 5) is 3.99. The maximum absolute atomic E-state index is 11.3. The third-order valence-corrected chi connectivity index (χ3v) is 7.31. The van der Waals surface area contributed by atoms with Crippen molar-refractivity contribution in [3.8, 4) is 22.3 Å². The average molecular weight is 576 g/mol. The molecule has 2 aromatic carbocycles. The average Bonchev–Trinajstić information content (AvgIpc) is 3.44. The van der Waals surface area contributed by atoms with Gasteiger partial charge in [0.25, 0.3) is 0 Å². The lowest BCUT2D eigenvalue weighted by molar-refractivity contribution is -0.0752. The van der Waals surface area contributed by atoms with Gasteiger partial charge in [0.05, 0.1) is 12.1 Å². The lowest BCUT2D eigenvalue weighted by atomic mass is 9.85. The van der Waals surface area contributed by atoms with Crippen LogP contribution in [-0.2, 0) is 0 Å². The van der Waals surface area contributed by atoms with Crippen molar-refractivity contribution in [1.82, 2.24) is 14.9 Å². The molecular formula is C32H41N5O5. The number of hydrogen-bond donors (Lipinski definition) is 8. The number of hydrogen-bond acceptors (Lipinski definition) is 9. The van der Waals surface area contributed by atoms with Crippen molar-refractivity contribution >= 4 is 5.69 Å². The second kappa shape index (κ2) is 13.6. The number of aromatic nitrogens is 2. The summed E-state index contributed by atoms with van der Waals surface area (Å²) in [5, 5.41) is 57.8. The number of pyridine rings is 1. The highest BCUT2D eigenvalue weighted by atomic mass is 16.5. The normalized spacial score (nSPS) is 15.7. The molecule has 2 heterocycles. The van der Waals surface area contributed by atoms with Gasteiger partial charge in [0.2, 0.25) is 0 Å². The number of aliphatic hydroxyl groups excluding tert-OH is 4. The van der Waals surface area contributed by atoms with Crippen LogP contribution in [0.5, 0.6) is 0 Å². The number of anilines is 1. The molecular weight excluding hydrogens is 534 g/mol. The van der Waals surface area contributed by atoms with E-state index in [1.54, 1.807) is 47.4 Å². The predicted molar refractivity (Wildman–Crippen MR) is 163 cm³/mol. The van der Waals surface area contributed by atoms with Crippen LogP contribution in [0.15, 0.2) is 91.5 Å². The van der Waals surface area contributed by atoms with E-state index in [-0.39, 0.29) is 6.42 Å². The number of nitrogens with one attached hydrogen (secondary N) is 2. The van der Waals surface area contributed by atoms with Gasteiger partial charge < -0.3 is 41.2 Å². The quantitative estimate of drug-likeness (QED) is 0.118. The first-order chi connectivity index (χ1) is 19.9. The Hall–Kier alpha value is -3.61. The van der Waals surface area contributed by atoms with E-state index in [2.05, 4.69) is 15.6 Å². The first-order valence-corrected chi connectivity index (χ1v) is 13.9. The third kappa shape index (κ3) is 8.02. The number of nitrogens with zero attached hydrogens (tertiary/aromatic N) is 2. The first-order valence-electron chi connectivity index (χ1n) is 13.9. The van der Waals surface area contributed by atoms with Gasteiger partial charge in [0, 0.05) is 36.9 Å². The summed E-state index contributed by atoms with van der Waals surface area (Å²) in [5.41, 5.74) is 10.2. The van der Waals surface area contributed by atoms with Crippen molar-refractivity contribution in [3.05, 3.63) is 97.1 Å². The van der Waals surface area contributed by atoms with Crippen molar-refractivity contribution < 1.29 is 25.5 Å². The van der Waals surface area contributed by atoms with Gasteiger partial charge in [-0.25, -0.2) is 0 Å². The van der Waals surface area contributed by atoms with E-state index in [0.717, 1.165) is 22.3 Å². The summed E-state index contributed by atoms with van der Waals surface area (Å²) in [6.07, 6.45) is 1.78. The van der Waals surface area contributed by atoms with Crippen molar-refractivity contribution in [2.24, 2.45) is 11.1 Å². The molecule has 42 heavy (non-hydrogen) atoms. The zero-order valence-corrected chi connectivity index (χ0v) is 24.0. The molecule has 0 aliphatic carbocycles. The number of benzene rings is 2. The van der Waals surface area contributed by atoms with E-state index in [1.165, 1.54) is 0 Å². The van der Waals surface area contributed by atoms with Gasteiger partial charge >= 0.3 is 0 Å². The van der Waals surface area contributed by atoms with Gasteiger partial charge in [-0.1, -0.05) is 69.3 Å². The second-order valence-electron chi connectivity index (χ2n) is 11.6. The van der Waals surface area contributed by atoms with Gasteiger partial charge in [0.15, 0.2) is 6.29 Å². The second-order valence-corrected chi connectivity index (χ2v) is 11.6. The minimum absolute atomic E-state index is 0.139. The van der Waals surface area contributed by atoms with Crippen LogP contribution in [0.4, 0.5) is 5.69 Å². The number of aliphatic hydroxyl groups is 5. The van der Waals surface area contributed by atoms with E-state index in [1.807, 2.05) is 69.4 Å².